The number of alkyl halides is 1. The first-order chi connectivity index (χ1) is 7.67. The summed E-state index contributed by atoms with van der Waals surface area (Å²) in [4.78, 5) is 11.3. The second kappa shape index (κ2) is 6.38. The fourth-order valence-corrected chi connectivity index (χ4v) is 1.56. The first kappa shape index (κ1) is 12.8. The molecule has 0 spiro atoms. The Balaban J connectivity index is 2.61. The zero-order valence-corrected chi connectivity index (χ0v) is 10.2. The topological polar surface area (TPSA) is 35.5 Å². The van der Waals surface area contributed by atoms with Crippen molar-refractivity contribution in [3.8, 4) is 5.75 Å². The molecule has 4 heteroatoms. The van der Waals surface area contributed by atoms with Crippen LogP contribution < -0.4 is 4.74 Å². The third kappa shape index (κ3) is 3.74. The van der Waals surface area contributed by atoms with Crippen LogP contribution in [0.1, 0.15) is 12.5 Å². The molecule has 16 heavy (non-hydrogen) atoms. The molecule has 0 amide bonds. The van der Waals surface area contributed by atoms with Crippen molar-refractivity contribution < 1.29 is 14.3 Å². The van der Waals surface area contributed by atoms with Crippen molar-refractivity contribution in [1.82, 2.24) is 0 Å². The van der Waals surface area contributed by atoms with Gasteiger partial charge in [0.15, 0.2) is 0 Å². The molecule has 1 aromatic carbocycles. The minimum atomic E-state index is -0.646. The highest BCUT2D eigenvalue weighted by molar-refractivity contribution is 6.30. The fourth-order valence-electron chi connectivity index (χ4n) is 1.32. The monoisotopic (exact) mass is 242 g/mol. The van der Waals surface area contributed by atoms with Crippen LogP contribution in [0.25, 0.3) is 0 Å². The molecule has 0 heterocycles. The first-order valence-electron chi connectivity index (χ1n) is 5.11. The molecular weight excluding hydrogens is 228 g/mol. The van der Waals surface area contributed by atoms with E-state index in [2.05, 4.69) is 0 Å². The Morgan fingerprint density at radius 2 is 2.25 bits per heavy atom. The molecular formula is C12H15ClO3. The number of halogens is 1. The maximum Gasteiger partial charge on any atom is 0.324 e. The number of hydrogen-bond acceptors (Lipinski definition) is 3. The highest BCUT2D eigenvalue weighted by atomic mass is 35.5. The maximum absolute atomic E-state index is 11.3. The van der Waals surface area contributed by atoms with E-state index >= 15 is 0 Å². The van der Waals surface area contributed by atoms with Gasteiger partial charge in [-0.1, -0.05) is 12.1 Å². The van der Waals surface area contributed by atoms with Crippen LogP contribution in [0, 0.1) is 0 Å². The number of carbonyl (C=O) groups is 1. The summed E-state index contributed by atoms with van der Waals surface area (Å²) < 4.78 is 9.92. The quantitative estimate of drug-likeness (QED) is 0.588. The highest BCUT2D eigenvalue weighted by Gasteiger charge is 2.16. The molecule has 88 valence electrons. The van der Waals surface area contributed by atoms with E-state index < -0.39 is 5.38 Å². The van der Waals surface area contributed by atoms with Crippen molar-refractivity contribution in [1.29, 1.82) is 0 Å². The minimum Gasteiger partial charge on any atom is -0.497 e. The molecule has 0 aromatic heterocycles. The number of carbonyl (C=O) groups excluding carboxylic acids is 1. The Morgan fingerprint density at radius 1 is 1.50 bits per heavy atom. The molecule has 1 rings (SSSR count). The van der Waals surface area contributed by atoms with E-state index in [0.717, 1.165) is 11.3 Å². The number of rotatable bonds is 5. The molecule has 0 aliphatic rings. The Hall–Kier alpha value is -1.22. The zero-order valence-electron chi connectivity index (χ0n) is 9.40. The second-order valence-electron chi connectivity index (χ2n) is 3.28. The van der Waals surface area contributed by atoms with Crippen LogP contribution in [0.15, 0.2) is 24.3 Å². The van der Waals surface area contributed by atoms with Gasteiger partial charge in [0.05, 0.1) is 13.7 Å². The Morgan fingerprint density at radius 3 is 2.88 bits per heavy atom. The second-order valence-corrected chi connectivity index (χ2v) is 3.80. The van der Waals surface area contributed by atoms with E-state index in [1.165, 1.54) is 0 Å². The Kier molecular flexibility index (Phi) is 5.12. The van der Waals surface area contributed by atoms with Crippen LogP contribution in [-0.4, -0.2) is 25.1 Å². The average molecular weight is 243 g/mol. The van der Waals surface area contributed by atoms with Crippen molar-refractivity contribution in [3.63, 3.8) is 0 Å². The van der Waals surface area contributed by atoms with Crippen molar-refractivity contribution >= 4 is 17.6 Å². The van der Waals surface area contributed by atoms with E-state index in [9.17, 15) is 4.79 Å². The third-order valence-electron chi connectivity index (χ3n) is 2.09. The van der Waals surface area contributed by atoms with Gasteiger partial charge in [-0.3, -0.25) is 4.79 Å². The van der Waals surface area contributed by atoms with Crippen LogP contribution in [0.2, 0.25) is 0 Å². The van der Waals surface area contributed by atoms with Gasteiger partial charge in [-0.05, 0) is 31.0 Å². The predicted octanol–water partition coefficient (Wildman–Crippen LogP) is 2.41. The summed E-state index contributed by atoms with van der Waals surface area (Å²) in [5, 5.41) is -0.646. The molecule has 0 saturated heterocycles. The van der Waals surface area contributed by atoms with Crippen LogP contribution >= 0.6 is 11.6 Å². The molecule has 3 nitrogen and oxygen atoms in total. The predicted molar refractivity (Wildman–Crippen MR) is 63.0 cm³/mol. The van der Waals surface area contributed by atoms with E-state index in [4.69, 9.17) is 21.1 Å². The highest BCUT2D eigenvalue weighted by Crippen LogP contribution is 2.16. The van der Waals surface area contributed by atoms with Gasteiger partial charge < -0.3 is 9.47 Å². The third-order valence-corrected chi connectivity index (χ3v) is 2.42. The van der Waals surface area contributed by atoms with E-state index in [-0.39, 0.29) is 5.97 Å². The standard InChI is InChI=1S/C12H15ClO3/c1-3-16-12(14)11(13)8-9-5-4-6-10(7-9)15-2/h4-7,11H,3,8H2,1-2H3. The van der Waals surface area contributed by atoms with Crippen molar-refractivity contribution in [2.75, 3.05) is 13.7 Å². The molecule has 1 atom stereocenters. The van der Waals surface area contributed by atoms with Gasteiger partial charge in [0, 0.05) is 0 Å². The van der Waals surface area contributed by atoms with Gasteiger partial charge in [0.1, 0.15) is 11.1 Å². The number of benzene rings is 1. The normalized spacial score (nSPS) is 11.9. The van der Waals surface area contributed by atoms with Crippen molar-refractivity contribution in [2.24, 2.45) is 0 Å². The molecule has 0 N–H and O–H groups in total. The largest absolute Gasteiger partial charge is 0.497 e. The number of esters is 1. The molecule has 1 unspecified atom stereocenters. The molecule has 0 bridgehead atoms. The summed E-state index contributed by atoms with van der Waals surface area (Å²) >= 11 is 5.92. The Labute approximate surface area is 100 Å². The van der Waals surface area contributed by atoms with Crippen LogP contribution in [0.4, 0.5) is 0 Å². The summed E-state index contributed by atoms with van der Waals surface area (Å²) in [5.41, 5.74) is 0.951. The minimum absolute atomic E-state index is 0.347. The fraction of sp³-hybridized carbons (Fsp3) is 0.417. The van der Waals surface area contributed by atoms with Crippen LogP contribution in [-0.2, 0) is 16.0 Å². The summed E-state index contributed by atoms with van der Waals surface area (Å²) in [7, 11) is 1.60. The molecule has 0 saturated carbocycles. The molecule has 0 radical (unpaired) electrons. The lowest BCUT2D eigenvalue weighted by molar-refractivity contribution is -0.142. The zero-order chi connectivity index (χ0) is 12.0. The van der Waals surface area contributed by atoms with Gasteiger partial charge in [-0.2, -0.15) is 0 Å². The van der Waals surface area contributed by atoms with Crippen molar-refractivity contribution in [2.45, 2.75) is 18.7 Å². The molecule has 0 fully saturated rings. The summed E-state index contributed by atoms with van der Waals surface area (Å²) in [5.74, 6) is 0.372. The maximum atomic E-state index is 11.3. The van der Waals surface area contributed by atoms with Gasteiger partial charge in [-0.15, -0.1) is 11.6 Å². The number of hydrogen-bond donors (Lipinski definition) is 0. The van der Waals surface area contributed by atoms with Gasteiger partial charge in [0.25, 0.3) is 0 Å². The molecule has 0 aliphatic heterocycles. The SMILES string of the molecule is CCOC(=O)C(Cl)Cc1cccc(OC)c1. The lowest BCUT2D eigenvalue weighted by Crippen LogP contribution is -2.20. The van der Waals surface area contributed by atoms with Gasteiger partial charge in [-0.25, -0.2) is 0 Å². The lowest BCUT2D eigenvalue weighted by Gasteiger charge is -2.09. The van der Waals surface area contributed by atoms with E-state index in [1.807, 2.05) is 24.3 Å². The Bertz CT molecular complexity index is 352. The van der Waals surface area contributed by atoms with Crippen LogP contribution in [0.3, 0.4) is 0 Å². The average Bonchev–Trinajstić information content (AvgIpc) is 2.29. The lowest BCUT2D eigenvalue weighted by atomic mass is 10.1. The van der Waals surface area contributed by atoms with E-state index in [1.54, 1.807) is 14.0 Å². The summed E-state index contributed by atoms with van der Waals surface area (Å²) in [6.07, 6.45) is 0.442. The van der Waals surface area contributed by atoms with Crippen molar-refractivity contribution in [3.05, 3.63) is 29.8 Å². The van der Waals surface area contributed by atoms with Crippen LogP contribution in [0.5, 0.6) is 5.75 Å². The van der Waals surface area contributed by atoms with E-state index in [0.29, 0.717) is 13.0 Å². The number of methoxy groups -OCH3 is 1. The summed E-state index contributed by atoms with van der Waals surface area (Å²) in [6.45, 7) is 2.10. The molecule has 1 aromatic rings. The van der Waals surface area contributed by atoms with Gasteiger partial charge >= 0.3 is 5.97 Å². The smallest absolute Gasteiger partial charge is 0.324 e. The molecule has 0 aliphatic carbocycles. The summed E-state index contributed by atoms with van der Waals surface area (Å²) in [6, 6.07) is 7.46. The van der Waals surface area contributed by atoms with Gasteiger partial charge in [0.2, 0.25) is 0 Å². The first-order valence-corrected chi connectivity index (χ1v) is 5.54. The number of ether oxygens (including phenoxy) is 2.